The predicted molar refractivity (Wildman–Crippen MR) is 98.7 cm³/mol. The minimum Gasteiger partial charge on any atom is -0.465 e. The van der Waals surface area contributed by atoms with Crippen molar-refractivity contribution in [1.82, 2.24) is 5.32 Å². The molecule has 0 spiro atoms. The summed E-state index contributed by atoms with van der Waals surface area (Å²) in [6.07, 6.45) is -1.41. The van der Waals surface area contributed by atoms with Crippen LogP contribution >= 0.6 is 0 Å². The van der Waals surface area contributed by atoms with E-state index < -0.39 is 12.2 Å². The Morgan fingerprint density at radius 2 is 1.44 bits per heavy atom. The van der Waals surface area contributed by atoms with Crippen LogP contribution in [0.1, 0.15) is 0 Å². The minimum absolute atomic E-state index is 0.448. The third-order valence-corrected chi connectivity index (χ3v) is 3.17. The van der Waals surface area contributed by atoms with Crippen LogP contribution in [0.4, 0.5) is 21.0 Å². The number of amides is 2. The van der Waals surface area contributed by atoms with Crippen LogP contribution in [-0.2, 0) is 0 Å². The number of hydrogen-bond donors (Lipinski definition) is 2. The highest BCUT2D eigenvalue weighted by Gasteiger charge is 2.13. The molecule has 0 unspecified atom stereocenters. The number of carboxylic acid groups (broad SMARTS) is 1. The summed E-state index contributed by atoms with van der Waals surface area (Å²) in [5.74, 6) is 0.548. The SMILES string of the molecule is CN(C)c1ccccc1N(C)C(=O)O.CNC(=O)Oc1ccccc1. The molecule has 0 heterocycles. The van der Waals surface area contributed by atoms with Crippen molar-refractivity contribution in [3.05, 3.63) is 54.6 Å². The molecular formula is C18H23N3O4. The third kappa shape index (κ3) is 6.42. The quantitative estimate of drug-likeness (QED) is 0.892. The van der Waals surface area contributed by atoms with Crippen LogP contribution in [0.25, 0.3) is 0 Å². The summed E-state index contributed by atoms with van der Waals surface area (Å²) < 4.78 is 4.81. The zero-order valence-electron chi connectivity index (χ0n) is 14.8. The van der Waals surface area contributed by atoms with E-state index in [0.717, 1.165) is 5.69 Å². The average Bonchev–Trinajstić information content (AvgIpc) is 2.62. The zero-order valence-corrected chi connectivity index (χ0v) is 14.8. The van der Waals surface area contributed by atoms with Crippen molar-refractivity contribution >= 4 is 23.6 Å². The third-order valence-electron chi connectivity index (χ3n) is 3.17. The lowest BCUT2D eigenvalue weighted by Gasteiger charge is -2.21. The van der Waals surface area contributed by atoms with E-state index in [-0.39, 0.29) is 0 Å². The van der Waals surface area contributed by atoms with Crippen LogP contribution in [0.15, 0.2) is 54.6 Å². The molecule has 25 heavy (non-hydrogen) atoms. The van der Waals surface area contributed by atoms with E-state index in [4.69, 9.17) is 9.84 Å². The van der Waals surface area contributed by atoms with Gasteiger partial charge in [0.15, 0.2) is 0 Å². The molecule has 0 radical (unpaired) electrons. The number of benzene rings is 2. The highest BCUT2D eigenvalue weighted by atomic mass is 16.5. The standard InChI is InChI=1S/C10H14N2O2.C8H9NO2/c1-11(2)8-6-4-5-7-9(8)12(3)10(13)14;1-9-8(10)11-7-5-3-2-4-6-7/h4-7H,1-3H3,(H,13,14);2-6H,1H3,(H,9,10). The fourth-order valence-corrected chi connectivity index (χ4v) is 1.88. The van der Waals surface area contributed by atoms with Crippen molar-refractivity contribution in [2.75, 3.05) is 38.0 Å². The van der Waals surface area contributed by atoms with E-state index in [1.165, 1.54) is 19.0 Å². The molecule has 2 aromatic carbocycles. The number of carbonyl (C=O) groups excluding carboxylic acids is 1. The van der Waals surface area contributed by atoms with Gasteiger partial charge in [0, 0.05) is 28.2 Å². The summed E-state index contributed by atoms with van der Waals surface area (Å²) in [7, 11) is 6.82. The molecular weight excluding hydrogens is 322 g/mol. The summed E-state index contributed by atoms with van der Waals surface area (Å²) in [6.45, 7) is 0. The maximum absolute atomic E-state index is 10.8. The summed E-state index contributed by atoms with van der Waals surface area (Å²) in [5, 5.41) is 11.2. The maximum atomic E-state index is 10.8. The van der Waals surface area contributed by atoms with E-state index >= 15 is 0 Å². The summed E-state index contributed by atoms with van der Waals surface area (Å²) in [4.78, 5) is 24.5. The molecule has 2 rings (SSSR count). The number of nitrogens with zero attached hydrogens (tertiary/aromatic N) is 2. The van der Waals surface area contributed by atoms with E-state index in [1.54, 1.807) is 30.3 Å². The minimum atomic E-state index is -0.959. The lowest BCUT2D eigenvalue weighted by Crippen LogP contribution is -2.26. The van der Waals surface area contributed by atoms with E-state index in [1.807, 2.05) is 43.3 Å². The fourth-order valence-electron chi connectivity index (χ4n) is 1.88. The van der Waals surface area contributed by atoms with Gasteiger partial charge in [-0.2, -0.15) is 0 Å². The maximum Gasteiger partial charge on any atom is 0.412 e. The molecule has 0 bridgehead atoms. The Morgan fingerprint density at radius 1 is 0.920 bits per heavy atom. The number of ether oxygens (including phenoxy) is 1. The Morgan fingerprint density at radius 3 is 1.92 bits per heavy atom. The lowest BCUT2D eigenvalue weighted by molar-refractivity contribution is 0.202. The Kier molecular flexibility index (Phi) is 7.78. The van der Waals surface area contributed by atoms with Crippen molar-refractivity contribution in [2.24, 2.45) is 0 Å². The number of nitrogens with one attached hydrogen (secondary N) is 1. The highest BCUT2D eigenvalue weighted by Crippen LogP contribution is 2.26. The first-order chi connectivity index (χ1) is 11.9. The summed E-state index contributed by atoms with van der Waals surface area (Å²) in [5.41, 5.74) is 1.57. The molecule has 2 amide bonds. The molecule has 7 heteroatoms. The van der Waals surface area contributed by atoms with Gasteiger partial charge in [-0.05, 0) is 24.3 Å². The van der Waals surface area contributed by atoms with Crippen LogP contribution in [0, 0.1) is 0 Å². The number of hydrogen-bond acceptors (Lipinski definition) is 4. The van der Waals surface area contributed by atoms with Crippen LogP contribution < -0.4 is 19.9 Å². The average molecular weight is 345 g/mol. The van der Waals surface area contributed by atoms with Gasteiger partial charge in [0.05, 0.1) is 11.4 Å². The molecule has 0 saturated heterocycles. The van der Waals surface area contributed by atoms with Crippen LogP contribution in [0.2, 0.25) is 0 Å². The molecule has 2 aromatic rings. The van der Waals surface area contributed by atoms with Crippen LogP contribution in [0.3, 0.4) is 0 Å². The van der Waals surface area contributed by atoms with Gasteiger partial charge in [-0.25, -0.2) is 9.59 Å². The Labute approximate surface area is 147 Å². The van der Waals surface area contributed by atoms with Gasteiger partial charge in [-0.15, -0.1) is 0 Å². The number of carbonyl (C=O) groups is 2. The first-order valence-electron chi connectivity index (χ1n) is 7.54. The van der Waals surface area contributed by atoms with Crippen molar-refractivity contribution < 1.29 is 19.4 Å². The van der Waals surface area contributed by atoms with E-state index in [2.05, 4.69) is 5.32 Å². The Hall–Kier alpha value is -3.22. The molecule has 0 aliphatic carbocycles. The topological polar surface area (TPSA) is 82.1 Å². The zero-order chi connectivity index (χ0) is 18.8. The van der Waals surface area contributed by atoms with Gasteiger partial charge in [0.2, 0.25) is 0 Å². The van der Waals surface area contributed by atoms with Gasteiger partial charge in [-0.3, -0.25) is 4.90 Å². The van der Waals surface area contributed by atoms with Crippen molar-refractivity contribution in [3.8, 4) is 5.75 Å². The Bertz CT molecular complexity index is 690. The number of anilines is 2. The second kappa shape index (κ2) is 9.82. The van der Waals surface area contributed by atoms with Crippen LogP contribution in [-0.4, -0.2) is 45.5 Å². The first-order valence-corrected chi connectivity index (χ1v) is 7.54. The predicted octanol–water partition coefficient (Wildman–Crippen LogP) is 3.27. The summed E-state index contributed by atoms with van der Waals surface area (Å²) >= 11 is 0. The molecule has 0 atom stereocenters. The van der Waals surface area contributed by atoms with Crippen molar-refractivity contribution in [3.63, 3.8) is 0 Å². The second-order valence-corrected chi connectivity index (χ2v) is 5.18. The van der Waals surface area contributed by atoms with Gasteiger partial charge < -0.3 is 20.1 Å². The molecule has 134 valence electrons. The number of rotatable bonds is 3. The monoisotopic (exact) mass is 345 g/mol. The van der Waals surface area contributed by atoms with Crippen LogP contribution in [0.5, 0.6) is 5.75 Å². The molecule has 0 aliphatic heterocycles. The van der Waals surface area contributed by atoms with E-state index in [9.17, 15) is 9.59 Å². The number of para-hydroxylation sites is 3. The van der Waals surface area contributed by atoms with Gasteiger partial charge >= 0.3 is 12.2 Å². The van der Waals surface area contributed by atoms with Gasteiger partial charge in [0.1, 0.15) is 5.75 Å². The smallest absolute Gasteiger partial charge is 0.412 e. The van der Waals surface area contributed by atoms with Gasteiger partial charge in [0.25, 0.3) is 0 Å². The Balaban J connectivity index is 0.000000257. The van der Waals surface area contributed by atoms with Gasteiger partial charge in [-0.1, -0.05) is 30.3 Å². The lowest BCUT2D eigenvalue weighted by atomic mass is 10.2. The second-order valence-electron chi connectivity index (χ2n) is 5.18. The van der Waals surface area contributed by atoms with E-state index in [0.29, 0.717) is 11.4 Å². The largest absolute Gasteiger partial charge is 0.465 e. The molecule has 0 saturated carbocycles. The fraction of sp³-hybridized carbons (Fsp3) is 0.222. The van der Waals surface area contributed by atoms with Crippen molar-refractivity contribution in [1.29, 1.82) is 0 Å². The molecule has 7 nitrogen and oxygen atoms in total. The molecule has 0 aromatic heterocycles. The summed E-state index contributed by atoms with van der Waals surface area (Å²) in [6, 6.07) is 16.3. The first kappa shape index (κ1) is 19.8. The van der Waals surface area contributed by atoms with Crippen molar-refractivity contribution in [2.45, 2.75) is 0 Å². The molecule has 0 fully saturated rings. The molecule has 0 aliphatic rings. The normalized spacial score (nSPS) is 9.28. The highest BCUT2D eigenvalue weighted by molar-refractivity contribution is 5.90. The molecule has 2 N–H and O–H groups in total.